The molecule has 6 nitrogen and oxygen atoms in total. The van der Waals surface area contributed by atoms with Crippen LogP contribution in [-0.2, 0) is 4.79 Å². The van der Waals surface area contributed by atoms with E-state index >= 15 is 0 Å². The minimum absolute atomic E-state index is 0.546. The van der Waals surface area contributed by atoms with E-state index in [1.807, 2.05) is 12.1 Å². The first kappa shape index (κ1) is 11.0. The van der Waals surface area contributed by atoms with Gasteiger partial charge < -0.3 is 19.9 Å². The van der Waals surface area contributed by atoms with E-state index in [0.717, 1.165) is 0 Å². The van der Waals surface area contributed by atoms with Gasteiger partial charge in [0.2, 0.25) is 0 Å². The molecule has 3 N–H and O–H groups in total. The summed E-state index contributed by atoms with van der Waals surface area (Å²) in [5.74, 6) is -1.19. The van der Waals surface area contributed by atoms with Crippen molar-refractivity contribution in [1.82, 2.24) is 5.32 Å². The lowest BCUT2D eigenvalue weighted by Crippen LogP contribution is -2.27. The first-order valence-electron chi connectivity index (χ1n) is 3.28. The zero-order valence-corrected chi connectivity index (χ0v) is 6.64. The largest absolute Gasteiger partial charge is 0.480 e. The molecule has 1 rings (SSSR count). The second-order valence-electron chi connectivity index (χ2n) is 1.85. The molecule has 0 aliphatic rings. The molecule has 0 aromatic carbocycles. The van der Waals surface area contributed by atoms with Crippen molar-refractivity contribution in [2.45, 2.75) is 0 Å². The van der Waals surface area contributed by atoms with Gasteiger partial charge in [0.25, 0.3) is 0 Å². The highest BCUT2D eigenvalue weighted by atomic mass is 16.4. The molecule has 72 valence electrons. The van der Waals surface area contributed by atoms with Gasteiger partial charge in [-0.2, -0.15) is 0 Å². The SMILES string of the molecule is O=C(O)CNC(=O)O.c1ccoc1. The molecule has 0 radical (unpaired) electrons. The van der Waals surface area contributed by atoms with Crippen molar-refractivity contribution in [1.29, 1.82) is 0 Å². The highest BCUT2D eigenvalue weighted by Crippen LogP contribution is 1.79. The molecule has 1 heterocycles. The van der Waals surface area contributed by atoms with Crippen LogP contribution in [-0.4, -0.2) is 28.8 Å². The summed E-state index contributed by atoms with van der Waals surface area (Å²) < 4.78 is 4.58. The van der Waals surface area contributed by atoms with Crippen molar-refractivity contribution in [2.75, 3.05) is 6.54 Å². The molecule has 0 aliphatic carbocycles. The van der Waals surface area contributed by atoms with Crippen LogP contribution in [0.15, 0.2) is 29.1 Å². The van der Waals surface area contributed by atoms with Crippen molar-refractivity contribution in [3.63, 3.8) is 0 Å². The van der Waals surface area contributed by atoms with Crippen LogP contribution >= 0.6 is 0 Å². The minimum Gasteiger partial charge on any atom is -0.480 e. The molecule has 1 amide bonds. The summed E-state index contributed by atoms with van der Waals surface area (Å²) in [6, 6.07) is 3.67. The van der Waals surface area contributed by atoms with E-state index in [-0.39, 0.29) is 0 Å². The summed E-state index contributed by atoms with van der Waals surface area (Å²) in [6.07, 6.45) is 1.92. The summed E-state index contributed by atoms with van der Waals surface area (Å²) in [6.45, 7) is -0.546. The highest BCUT2D eigenvalue weighted by Gasteiger charge is 1.97. The fourth-order valence-electron chi connectivity index (χ4n) is 0.378. The van der Waals surface area contributed by atoms with Crippen molar-refractivity contribution < 1.29 is 24.2 Å². The lowest BCUT2D eigenvalue weighted by molar-refractivity contribution is -0.135. The van der Waals surface area contributed by atoms with Gasteiger partial charge in [0.15, 0.2) is 0 Å². The molecule has 0 saturated carbocycles. The normalized spacial score (nSPS) is 8.00. The van der Waals surface area contributed by atoms with E-state index in [0.29, 0.717) is 0 Å². The van der Waals surface area contributed by atoms with Gasteiger partial charge in [0.1, 0.15) is 6.54 Å². The first-order chi connectivity index (χ1) is 6.13. The summed E-state index contributed by atoms with van der Waals surface area (Å²) in [7, 11) is 0. The van der Waals surface area contributed by atoms with Crippen LogP contribution in [0.1, 0.15) is 0 Å². The Morgan fingerprint density at radius 3 is 1.92 bits per heavy atom. The third kappa shape index (κ3) is 10.0. The molecule has 0 aliphatic heterocycles. The van der Waals surface area contributed by atoms with E-state index < -0.39 is 18.6 Å². The molecule has 1 aromatic rings. The van der Waals surface area contributed by atoms with Crippen molar-refractivity contribution in [3.8, 4) is 0 Å². The topological polar surface area (TPSA) is 99.8 Å². The molecule has 13 heavy (non-hydrogen) atoms. The molecule has 0 bridgehead atoms. The fraction of sp³-hybridized carbons (Fsp3) is 0.143. The Bertz CT molecular complexity index is 212. The van der Waals surface area contributed by atoms with Gasteiger partial charge in [-0.15, -0.1) is 0 Å². The van der Waals surface area contributed by atoms with Gasteiger partial charge in [-0.1, -0.05) is 0 Å². The molecule has 6 heteroatoms. The van der Waals surface area contributed by atoms with Gasteiger partial charge >= 0.3 is 12.1 Å². The van der Waals surface area contributed by atoms with E-state index in [9.17, 15) is 9.59 Å². The summed E-state index contributed by atoms with van der Waals surface area (Å²) in [5, 5.41) is 17.3. The number of amides is 1. The van der Waals surface area contributed by atoms with Gasteiger partial charge in [0, 0.05) is 0 Å². The van der Waals surface area contributed by atoms with Gasteiger partial charge in [-0.05, 0) is 12.1 Å². The second kappa shape index (κ2) is 6.71. The molecule has 0 unspecified atom stereocenters. The Balaban J connectivity index is 0.000000243. The number of carboxylic acid groups (broad SMARTS) is 2. The third-order valence-electron chi connectivity index (χ3n) is 0.816. The van der Waals surface area contributed by atoms with Gasteiger partial charge in [0.05, 0.1) is 12.5 Å². The lowest BCUT2D eigenvalue weighted by atomic mass is 10.7. The first-order valence-corrected chi connectivity index (χ1v) is 3.28. The summed E-state index contributed by atoms with van der Waals surface area (Å²) in [5.41, 5.74) is 0. The fourth-order valence-corrected chi connectivity index (χ4v) is 0.378. The predicted octanol–water partition coefficient (Wildman–Crippen LogP) is 0.618. The number of carbonyl (C=O) groups is 2. The van der Waals surface area contributed by atoms with Crippen LogP contribution in [0.25, 0.3) is 0 Å². The number of hydrogen-bond donors (Lipinski definition) is 3. The number of furan rings is 1. The number of carboxylic acids is 1. The summed E-state index contributed by atoms with van der Waals surface area (Å²) in [4.78, 5) is 19.1. The van der Waals surface area contributed by atoms with Gasteiger partial charge in [-0.25, -0.2) is 4.79 Å². The maximum absolute atomic E-state index is 9.58. The molecule has 0 saturated heterocycles. The molecular formula is C7H9NO5. The van der Waals surface area contributed by atoms with Crippen LogP contribution in [0.3, 0.4) is 0 Å². The molecule has 1 aromatic heterocycles. The van der Waals surface area contributed by atoms with Crippen LogP contribution in [0.5, 0.6) is 0 Å². The Labute approximate surface area is 73.8 Å². The highest BCUT2D eigenvalue weighted by molar-refractivity contribution is 5.75. The third-order valence-corrected chi connectivity index (χ3v) is 0.816. The molecule has 0 fully saturated rings. The number of hydrogen-bond acceptors (Lipinski definition) is 3. The monoisotopic (exact) mass is 187 g/mol. The van der Waals surface area contributed by atoms with Crippen LogP contribution in [0, 0.1) is 0 Å². The van der Waals surface area contributed by atoms with E-state index in [4.69, 9.17) is 10.2 Å². The standard InChI is InChI=1S/C4H4O.C3H5NO4/c1-2-4-5-3-1;5-2(6)1-4-3(7)8/h1-4H;4H,1H2,(H,5,6)(H,7,8). The van der Waals surface area contributed by atoms with Crippen molar-refractivity contribution in [2.24, 2.45) is 0 Å². The van der Waals surface area contributed by atoms with E-state index in [1.54, 1.807) is 17.8 Å². The average molecular weight is 187 g/mol. The smallest absolute Gasteiger partial charge is 0.405 e. The predicted molar refractivity (Wildman–Crippen MR) is 42.4 cm³/mol. The lowest BCUT2D eigenvalue weighted by Gasteiger charge is -1.90. The van der Waals surface area contributed by atoms with Crippen LogP contribution in [0.4, 0.5) is 4.79 Å². The minimum atomic E-state index is -1.33. The average Bonchev–Trinajstić information content (AvgIpc) is 2.57. The number of aliphatic carboxylic acids is 1. The van der Waals surface area contributed by atoms with Crippen molar-refractivity contribution in [3.05, 3.63) is 24.7 Å². The number of nitrogens with one attached hydrogen (secondary N) is 1. The Hall–Kier alpha value is -1.98. The van der Waals surface area contributed by atoms with Crippen LogP contribution < -0.4 is 5.32 Å². The van der Waals surface area contributed by atoms with Crippen molar-refractivity contribution >= 4 is 12.1 Å². The maximum atomic E-state index is 9.58. The quantitative estimate of drug-likeness (QED) is 0.630. The van der Waals surface area contributed by atoms with Gasteiger partial charge in [-0.3, -0.25) is 4.79 Å². The molecular weight excluding hydrogens is 178 g/mol. The molecule has 0 atom stereocenters. The zero-order chi connectivity index (χ0) is 10.1. The Morgan fingerprint density at radius 1 is 1.23 bits per heavy atom. The number of rotatable bonds is 2. The molecule has 0 spiro atoms. The summed E-state index contributed by atoms with van der Waals surface area (Å²) >= 11 is 0. The second-order valence-corrected chi connectivity index (χ2v) is 1.85. The van der Waals surface area contributed by atoms with E-state index in [2.05, 4.69) is 4.42 Å². The van der Waals surface area contributed by atoms with Crippen LogP contribution in [0.2, 0.25) is 0 Å². The van der Waals surface area contributed by atoms with E-state index in [1.165, 1.54) is 0 Å². The maximum Gasteiger partial charge on any atom is 0.405 e. The Kier molecular flexibility index (Phi) is 5.69. The zero-order valence-electron chi connectivity index (χ0n) is 6.64. The Morgan fingerprint density at radius 2 is 1.77 bits per heavy atom.